The number of hydrogen-bond donors (Lipinski definition) is 2. The van der Waals surface area contributed by atoms with E-state index in [-0.39, 0.29) is 56.8 Å². The van der Waals surface area contributed by atoms with E-state index in [1.165, 1.54) is 55.3 Å². The predicted octanol–water partition coefficient (Wildman–Crippen LogP) is 2.27. The van der Waals surface area contributed by atoms with Crippen molar-refractivity contribution >= 4 is 34.1 Å². The number of nitrogens with zero attached hydrogens (tertiary/aromatic N) is 3. The number of alkyl halides is 2. The largest absolute Gasteiger partial charge is 1.00 e. The third kappa shape index (κ3) is 6.77. The van der Waals surface area contributed by atoms with Gasteiger partial charge < -0.3 is 15.0 Å². The average molecular weight is 568 g/mol. The van der Waals surface area contributed by atoms with Gasteiger partial charge in [-0.25, -0.2) is 8.78 Å². The second kappa shape index (κ2) is 13.2. The summed E-state index contributed by atoms with van der Waals surface area (Å²) in [4.78, 5) is 14.7. The Morgan fingerprint density at radius 3 is 2.68 bits per heavy atom. The number of benzene rings is 1. The molecule has 0 aromatic heterocycles. The van der Waals surface area contributed by atoms with Gasteiger partial charge in [-0.2, -0.15) is 5.10 Å². The first-order valence-corrected chi connectivity index (χ1v) is 13.3. The molecule has 4 aliphatic rings. The number of amidine groups is 1. The molecule has 2 N–H and O–H groups in total. The number of carbonyl (C=O) groups is 1. The fourth-order valence-corrected chi connectivity index (χ4v) is 5.16. The smallest absolute Gasteiger partial charge is 0.687 e. The Balaban J connectivity index is 0.00000130. The van der Waals surface area contributed by atoms with Gasteiger partial charge in [0.1, 0.15) is 11.8 Å². The van der Waals surface area contributed by atoms with Gasteiger partial charge >= 0.3 is 51.4 Å². The number of thioether (sulfide) groups is 1. The molecule has 3 unspecified atom stereocenters. The number of methoxy groups -OCH3 is 1. The first-order chi connectivity index (χ1) is 17.8. The monoisotopic (exact) mass is 567 g/mol. The van der Waals surface area contributed by atoms with Gasteiger partial charge in [0.25, 0.3) is 12.3 Å². The van der Waals surface area contributed by atoms with Crippen LogP contribution in [0.1, 0.15) is 49.0 Å². The molecule has 0 saturated heterocycles. The maximum Gasteiger partial charge on any atom is 1.00 e. The summed E-state index contributed by atoms with van der Waals surface area (Å²) in [5.41, 5.74) is 5.24. The minimum Gasteiger partial charge on any atom is -0.687 e. The number of allylic oxidation sites excluding steroid dienone is 1. The molecule has 198 valence electrons. The predicted molar refractivity (Wildman–Crippen MR) is 144 cm³/mol. The molecule has 7 nitrogen and oxygen atoms in total. The Hall–Kier alpha value is -1.55. The van der Waals surface area contributed by atoms with Crippen molar-refractivity contribution in [3.05, 3.63) is 52.7 Å². The van der Waals surface area contributed by atoms with Crippen LogP contribution in [0.3, 0.4) is 0 Å². The summed E-state index contributed by atoms with van der Waals surface area (Å²) in [6.07, 6.45) is 4.09. The summed E-state index contributed by atoms with van der Waals surface area (Å²) in [6.45, 7) is 4.00. The van der Waals surface area contributed by atoms with Crippen LogP contribution in [0.4, 0.5) is 14.5 Å². The van der Waals surface area contributed by atoms with Gasteiger partial charge in [-0.1, -0.05) is 43.9 Å². The van der Waals surface area contributed by atoms with E-state index in [9.17, 15) is 13.6 Å². The minimum atomic E-state index is -2.61. The molecule has 2 saturated carbocycles. The van der Waals surface area contributed by atoms with Crippen molar-refractivity contribution in [1.29, 1.82) is 0 Å². The maximum absolute atomic E-state index is 13.7. The molecule has 38 heavy (non-hydrogen) atoms. The van der Waals surface area contributed by atoms with Crippen molar-refractivity contribution in [1.82, 2.24) is 15.6 Å². The van der Waals surface area contributed by atoms with E-state index in [2.05, 4.69) is 33.0 Å². The second-order valence-corrected chi connectivity index (χ2v) is 10.2. The van der Waals surface area contributed by atoms with Crippen molar-refractivity contribution in [2.45, 2.75) is 51.0 Å². The standard InChI is InChI=1S/C25H27F2N5O2S.C2H6.K/c1-28-15-5-6-16(17(10-15)18-11-19(22(26)27)32(2)13-20(18)34-3)23(33)29-24-31-30-21(35-24)7-4-14-12-25(14)8-9-25;1-2;/h5-6,10-11,13-14,19,21-22,30H,8-9,12H2,1-3H3,(H2,28,29,31,33);1-2H3;/q;;+1/p-1. The molecule has 2 aliphatic heterocycles. The fourth-order valence-electron chi connectivity index (χ4n) is 4.45. The molecule has 2 heterocycles. The summed E-state index contributed by atoms with van der Waals surface area (Å²) in [6, 6.07) is 3.88. The molecule has 0 bridgehead atoms. The van der Waals surface area contributed by atoms with E-state index in [0.717, 1.165) is 0 Å². The van der Waals surface area contributed by atoms with Crippen molar-refractivity contribution in [2.75, 3.05) is 21.2 Å². The molecule has 1 amide bonds. The minimum absolute atomic E-state index is 0. The zero-order chi connectivity index (χ0) is 26.7. The quantitative estimate of drug-likeness (QED) is 0.422. The first kappa shape index (κ1) is 31.0. The van der Waals surface area contributed by atoms with Crippen LogP contribution >= 0.6 is 11.8 Å². The topological polar surface area (TPSA) is 80.1 Å². The molecular formula is C27H32F2KN5O2S. The molecule has 11 heteroatoms. The number of amides is 1. The van der Waals surface area contributed by atoms with E-state index in [0.29, 0.717) is 44.6 Å². The Labute approximate surface area is 270 Å². The molecule has 1 spiro atoms. The van der Waals surface area contributed by atoms with E-state index < -0.39 is 18.4 Å². The van der Waals surface area contributed by atoms with Gasteiger partial charge in [0.05, 0.1) is 7.11 Å². The molecular weight excluding hydrogens is 535 g/mol. The summed E-state index contributed by atoms with van der Waals surface area (Å²) in [5, 5.41) is 11.4. The van der Waals surface area contributed by atoms with Crippen LogP contribution < -0.4 is 62.1 Å². The molecule has 2 fully saturated rings. The summed E-state index contributed by atoms with van der Waals surface area (Å²) in [5.74, 6) is 7.00. The number of halogens is 2. The number of rotatable bonds is 5. The van der Waals surface area contributed by atoms with Crippen LogP contribution in [0, 0.1) is 23.2 Å². The van der Waals surface area contributed by atoms with Gasteiger partial charge in [0.2, 0.25) is 0 Å². The number of hydrazone groups is 1. The summed E-state index contributed by atoms with van der Waals surface area (Å²) >= 11 is 1.34. The third-order valence-corrected chi connectivity index (χ3v) is 7.75. The molecule has 0 radical (unpaired) electrons. The molecule has 1 aromatic rings. The summed E-state index contributed by atoms with van der Waals surface area (Å²) < 4.78 is 32.8. The third-order valence-electron chi connectivity index (χ3n) is 6.87. The fraction of sp³-hybridized carbons (Fsp3) is 0.481. The Morgan fingerprint density at radius 1 is 1.34 bits per heavy atom. The second-order valence-electron chi connectivity index (χ2n) is 9.13. The first-order valence-electron chi connectivity index (χ1n) is 12.4. The van der Waals surface area contributed by atoms with Crippen LogP contribution in [0.5, 0.6) is 0 Å². The number of ether oxygens (including phenoxy) is 1. The van der Waals surface area contributed by atoms with E-state index in [1.54, 1.807) is 32.3 Å². The van der Waals surface area contributed by atoms with Crippen molar-refractivity contribution in [3.8, 4) is 11.8 Å². The Morgan fingerprint density at radius 2 is 2.08 bits per heavy atom. The zero-order valence-electron chi connectivity index (χ0n) is 22.6. The van der Waals surface area contributed by atoms with Gasteiger partial charge in [-0.15, -0.1) is 12.7 Å². The van der Waals surface area contributed by atoms with Gasteiger partial charge in [0, 0.05) is 30.3 Å². The van der Waals surface area contributed by atoms with E-state index in [4.69, 9.17) is 4.74 Å². The summed E-state index contributed by atoms with van der Waals surface area (Å²) in [7, 11) is 4.65. The SMILES string of the molecule is CC.C[N-]c1ccc(C(=O)NC2=NNC(C#CC3CC34CC4)S2)c(C2=CC(C(F)F)N(C)C=C2OC)c1.[K+]. The normalized spacial score (nSPS) is 23.7. The Bertz CT molecular complexity index is 1210. The van der Waals surface area contributed by atoms with E-state index in [1.807, 2.05) is 13.8 Å². The van der Waals surface area contributed by atoms with Gasteiger partial charge in [-0.3, -0.25) is 15.5 Å². The number of likely N-dealkylation sites (N-methyl/N-ethyl adjacent to an activating group) is 1. The Kier molecular flexibility index (Phi) is 10.8. The van der Waals surface area contributed by atoms with Crippen LogP contribution in [0.2, 0.25) is 0 Å². The average Bonchev–Trinajstić information content (AvgIpc) is 3.79. The maximum atomic E-state index is 13.7. The van der Waals surface area contributed by atoms with Crippen molar-refractivity contribution < 1.29 is 69.7 Å². The molecule has 2 aliphatic carbocycles. The van der Waals surface area contributed by atoms with Crippen LogP contribution in [-0.2, 0) is 4.74 Å². The zero-order valence-corrected chi connectivity index (χ0v) is 26.6. The van der Waals surface area contributed by atoms with Crippen molar-refractivity contribution in [3.63, 3.8) is 0 Å². The number of hydrogen-bond acceptors (Lipinski definition) is 6. The van der Waals surface area contributed by atoms with Crippen LogP contribution in [0.25, 0.3) is 10.9 Å². The molecule has 3 atom stereocenters. The van der Waals surface area contributed by atoms with Gasteiger partial charge in [0.15, 0.2) is 10.5 Å². The van der Waals surface area contributed by atoms with Crippen molar-refractivity contribution in [2.24, 2.45) is 16.4 Å². The number of nitrogens with one attached hydrogen (secondary N) is 2. The van der Waals surface area contributed by atoms with Crippen LogP contribution in [0.15, 0.2) is 41.3 Å². The molecule has 5 rings (SSSR count). The number of carbonyl (C=O) groups excluding carboxylic acids is 1. The van der Waals surface area contributed by atoms with E-state index >= 15 is 0 Å². The van der Waals surface area contributed by atoms with Gasteiger partial charge in [-0.05, 0) is 48.1 Å². The molecule has 1 aromatic carbocycles. The van der Waals surface area contributed by atoms with Crippen LogP contribution in [-0.4, -0.2) is 55.0 Å².